The molecule has 0 aromatic heterocycles. The summed E-state index contributed by atoms with van der Waals surface area (Å²) in [6.07, 6.45) is 0.538. The summed E-state index contributed by atoms with van der Waals surface area (Å²) in [4.78, 5) is 11.4. The zero-order valence-electron chi connectivity index (χ0n) is 12.3. The molecule has 2 aromatic carbocycles. The molecule has 128 valence electrons. The summed E-state index contributed by atoms with van der Waals surface area (Å²) in [7, 11) is 0. The molecule has 0 heterocycles. The number of aliphatic carboxylic acids is 1. The molecule has 0 fully saturated rings. The van der Waals surface area contributed by atoms with Crippen molar-refractivity contribution < 1.29 is 19.7 Å². The van der Waals surface area contributed by atoms with Gasteiger partial charge >= 0.3 is 5.97 Å². The highest BCUT2D eigenvalue weighted by atomic mass is 127. The predicted molar refractivity (Wildman–Crippen MR) is 126 cm³/mol. The van der Waals surface area contributed by atoms with Gasteiger partial charge in [-0.25, -0.2) is 0 Å². The lowest BCUT2D eigenvalue weighted by Crippen LogP contribution is -2.11. The van der Waals surface area contributed by atoms with E-state index >= 15 is 0 Å². The quantitative estimate of drug-likeness (QED) is 0.357. The summed E-state index contributed by atoms with van der Waals surface area (Å²) >= 11 is 8.44. The number of benzene rings is 2. The second-order valence-corrected chi connectivity index (χ2v) is 9.60. The third-order valence-electron chi connectivity index (χ3n) is 3.34. The second-order valence-electron chi connectivity index (χ2n) is 4.95. The molecule has 0 radical (unpaired) electrons. The summed E-state index contributed by atoms with van der Waals surface area (Å²) < 4.78 is 9.14. The van der Waals surface area contributed by atoms with Crippen LogP contribution < -0.4 is 4.74 Å². The molecule has 0 aliphatic rings. The molecule has 2 aromatic rings. The van der Waals surface area contributed by atoms with Gasteiger partial charge in [0, 0.05) is 0 Å². The molecule has 0 saturated heterocycles. The zero-order chi connectivity index (χ0) is 18.0. The van der Waals surface area contributed by atoms with Crippen LogP contribution in [0.1, 0.15) is 24.8 Å². The Hall–Kier alpha value is 0.430. The normalized spacial score (nSPS) is 12.0. The van der Waals surface area contributed by atoms with Crippen LogP contribution >= 0.6 is 90.4 Å². The molecular formula is C16H12I4O4. The Morgan fingerprint density at radius 2 is 1.54 bits per heavy atom. The van der Waals surface area contributed by atoms with Gasteiger partial charge in [-0.15, -0.1) is 0 Å². The third-order valence-corrected chi connectivity index (χ3v) is 6.59. The van der Waals surface area contributed by atoms with Gasteiger partial charge in [-0.1, -0.05) is 6.92 Å². The first-order valence-electron chi connectivity index (χ1n) is 6.82. The van der Waals surface area contributed by atoms with Crippen LogP contribution in [0.4, 0.5) is 0 Å². The highest BCUT2D eigenvalue weighted by Gasteiger charge is 2.21. The lowest BCUT2D eigenvalue weighted by atomic mass is 9.97. The summed E-state index contributed by atoms with van der Waals surface area (Å²) in [6.45, 7) is 1.86. The Balaban J connectivity index is 2.41. The van der Waals surface area contributed by atoms with Gasteiger partial charge in [0.2, 0.25) is 0 Å². The summed E-state index contributed by atoms with van der Waals surface area (Å²) in [6, 6.07) is 7.25. The van der Waals surface area contributed by atoms with Crippen LogP contribution in [0.5, 0.6) is 17.2 Å². The van der Waals surface area contributed by atoms with E-state index < -0.39 is 11.9 Å². The number of phenolic OH excluding ortho intramolecular Hbond substituents is 1. The minimum atomic E-state index is -0.819. The number of carboxylic acids is 1. The number of hydrogen-bond donors (Lipinski definition) is 2. The van der Waals surface area contributed by atoms with Gasteiger partial charge in [0.25, 0.3) is 0 Å². The first-order chi connectivity index (χ1) is 11.2. The highest BCUT2D eigenvalue weighted by Crippen LogP contribution is 2.38. The van der Waals surface area contributed by atoms with E-state index in [0.717, 1.165) is 12.7 Å². The van der Waals surface area contributed by atoms with Crippen molar-refractivity contribution in [3.05, 3.63) is 44.1 Å². The van der Waals surface area contributed by atoms with Crippen LogP contribution in [0.25, 0.3) is 0 Å². The molecule has 2 rings (SSSR count). The van der Waals surface area contributed by atoms with Gasteiger partial charge in [0.1, 0.15) is 11.5 Å². The van der Waals surface area contributed by atoms with Gasteiger partial charge in [-0.3, -0.25) is 4.79 Å². The van der Waals surface area contributed by atoms with Gasteiger partial charge < -0.3 is 14.9 Å². The SMILES string of the molecule is CCC(C(=O)O)c1cc(I)c(Oc2cc(I)c(O)c(I)c2)c(I)c1. The van der Waals surface area contributed by atoms with Crippen molar-refractivity contribution in [2.45, 2.75) is 19.3 Å². The van der Waals surface area contributed by atoms with Gasteiger partial charge in [0.15, 0.2) is 5.75 Å². The molecule has 0 aliphatic carbocycles. The van der Waals surface area contributed by atoms with Crippen LogP contribution in [-0.2, 0) is 4.79 Å². The Kier molecular flexibility index (Phi) is 7.67. The minimum absolute atomic E-state index is 0.246. The molecule has 0 amide bonds. The maximum Gasteiger partial charge on any atom is 0.310 e. The standard InChI is InChI=1S/C16H12I4O4/c1-2-9(16(22)23)7-3-12(19)15(13(20)4-7)24-8-5-10(17)14(21)11(18)6-8/h3-6,9,21H,2H2,1H3,(H,22,23). The fourth-order valence-corrected chi connectivity index (χ4v) is 5.90. The number of rotatable bonds is 5. The fourth-order valence-electron chi connectivity index (χ4n) is 2.15. The third kappa shape index (κ3) is 4.78. The van der Waals surface area contributed by atoms with Gasteiger partial charge in [-0.2, -0.15) is 0 Å². The maximum absolute atomic E-state index is 11.4. The lowest BCUT2D eigenvalue weighted by molar-refractivity contribution is -0.138. The average molecular weight is 776 g/mol. The summed E-state index contributed by atoms with van der Waals surface area (Å²) in [5.74, 6) is 0.237. The molecule has 8 heteroatoms. The minimum Gasteiger partial charge on any atom is -0.506 e. The molecule has 1 atom stereocenters. The van der Waals surface area contributed by atoms with E-state index in [0.29, 0.717) is 25.1 Å². The number of halogens is 4. The topological polar surface area (TPSA) is 66.8 Å². The number of carbonyl (C=O) groups is 1. The van der Waals surface area contributed by atoms with Crippen LogP contribution in [0, 0.1) is 14.3 Å². The van der Waals surface area contributed by atoms with Crippen molar-refractivity contribution in [1.82, 2.24) is 0 Å². The maximum atomic E-state index is 11.4. The van der Waals surface area contributed by atoms with Crippen molar-refractivity contribution in [2.24, 2.45) is 0 Å². The van der Waals surface area contributed by atoms with E-state index in [2.05, 4.69) is 90.4 Å². The smallest absolute Gasteiger partial charge is 0.310 e. The molecular weight excluding hydrogens is 764 g/mol. The van der Waals surface area contributed by atoms with Crippen molar-refractivity contribution in [3.63, 3.8) is 0 Å². The molecule has 24 heavy (non-hydrogen) atoms. The van der Waals surface area contributed by atoms with Crippen molar-refractivity contribution in [3.8, 4) is 17.2 Å². The molecule has 1 unspecified atom stereocenters. The Morgan fingerprint density at radius 3 is 1.96 bits per heavy atom. The summed E-state index contributed by atoms with van der Waals surface area (Å²) in [5.41, 5.74) is 0.779. The number of ether oxygens (including phenoxy) is 1. The van der Waals surface area contributed by atoms with E-state index in [1.54, 1.807) is 12.1 Å². The molecule has 4 nitrogen and oxygen atoms in total. The number of hydrogen-bond acceptors (Lipinski definition) is 3. The molecule has 0 spiro atoms. The molecule has 0 aliphatic heterocycles. The fraction of sp³-hybridized carbons (Fsp3) is 0.188. The molecule has 2 N–H and O–H groups in total. The second kappa shape index (κ2) is 8.88. The van der Waals surface area contributed by atoms with E-state index in [4.69, 9.17) is 4.74 Å². The van der Waals surface area contributed by atoms with Crippen LogP contribution in [-0.4, -0.2) is 16.2 Å². The van der Waals surface area contributed by atoms with Crippen LogP contribution in [0.15, 0.2) is 24.3 Å². The Bertz CT molecular complexity index is 746. The molecule has 0 saturated carbocycles. The highest BCUT2D eigenvalue weighted by molar-refractivity contribution is 14.1. The monoisotopic (exact) mass is 776 g/mol. The van der Waals surface area contributed by atoms with Gasteiger partial charge in [0.05, 0.1) is 20.2 Å². The van der Waals surface area contributed by atoms with Crippen molar-refractivity contribution in [1.29, 1.82) is 0 Å². The predicted octanol–water partition coefficient (Wildman–Crippen LogP) is 6.18. The largest absolute Gasteiger partial charge is 0.506 e. The van der Waals surface area contributed by atoms with Crippen LogP contribution in [0.3, 0.4) is 0 Å². The number of aromatic hydroxyl groups is 1. The van der Waals surface area contributed by atoms with Crippen molar-refractivity contribution >= 4 is 96.3 Å². The van der Waals surface area contributed by atoms with Crippen molar-refractivity contribution in [2.75, 3.05) is 0 Å². The first kappa shape index (κ1) is 20.7. The van der Waals surface area contributed by atoms with E-state index in [1.165, 1.54) is 0 Å². The lowest BCUT2D eigenvalue weighted by Gasteiger charge is -2.16. The summed E-state index contributed by atoms with van der Waals surface area (Å²) in [5, 5.41) is 19.2. The molecule has 0 bridgehead atoms. The number of carboxylic acid groups (broad SMARTS) is 1. The average Bonchev–Trinajstić information content (AvgIpc) is 2.48. The number of phenols is 1. The van der Waals surface area contributed by atoms with E-state index in [-0.39, 0.29) is 5.75 Å². The Labute approximate surface area is 194 Å². The zero-order valence-corrected chi connectivity index (χ0v) is 20.9. The van der Waals surface area contributed by atoms with E-state index in [1.807, 2.05) is 19.1 Å². The first-order valence-corrected chi connectivity index (χ1v) is 11.1. The Morgan fingerprint density at radius 1 is 1.04 bits per heavy atom. The van der Waals surface area contributed by atoms with Crippen LogP contribution in [0.2, 0.25) is 0 Å². The van der Waals surface area contributed by atoms with Gasteiger partial charge in [-0.05, 0) is 127 Å². The van der Waals surface area contributed by atoms with E-state index in [9.17, 15) is 15.0 Å².